The lowest BCUT2D eigenvalue weighted by atomic mass is 9.60. The maximum atomic E-state index is 12.5. The number of allylic oxidation sites excluding steroid dienone is 2. The highest BCUT2D eigenvalue weighted by atomic mass is 16.1. The third kappa shape index (κ3) is 2.14. The molecule has 1 aliphatic rings. The summed E-state index contributed by atoms with van der Waals surface area (Å²) >= 11 is 0. The number of carbonyl (C=O) groups is 1. The lowest BCUT2D eigenvalue weighted by Gasteiger charge is -2.43. The Hall–Kier alpha value is -0.850. The van der Waals surface area contributed by atoms with E-state index in [4.69, 9.17) is 0 Å². The summed E-state index contributed by atoms with van der Waals surface area (Å²) in [6.45, 7) is 16.3. The van der Waals surface area contributed by atoms with Crippen LogP contribution in [0.15, 0.2) is 24.8 Å². The second kappa shape index (κ2) is 4.57. The molecular formula is C15H24O. The molecular weight excluding hydrogens is 196 g/mol. The minimum atomic E-state index is -0.0890. The first kappa shape index (κ1) is 13.2. The van der Waals surface area contributed by atoms with Crippen LogP contribution in [0, 0.1) is 23.2 Å². The van der Waals surface area contributed by atoms with Crippen molar-refractivity contribution in [1.29, 1.82) is 0 Å². The largest absolute Gasteiger partial charge is 0.299 e. The fourth-order valence-electron chi connectivity index (χ4n) is 2.98. The van der Waals surface area contributed by atoms with Crippen molar-refractivity contribution in [2.45, 2.75) is 40.5 Å². The quantitative estimate of drug-likeness (QED) is 0.657. The molecule has 0 amide bonds. The van der Waals surface area contributed by atoms with E-state index in [9.17, 15) is 4.79 Å². The first-order valence-corrected chi connectivity index (χ1v) is 6.16. The third-order valence-corrected chi connectivity index (χ3v) is 4.07. The van der Waals surface area contributed by atoms with Gasteiger partial charge in [-0.3, -0.25) is 4.79 Å². The van der Waals surface area contributed by atoms with Crippen LogP contribution in [0.1, 0.15) is 40.5 Å². The van der Waals surface area contributed by atoms with Crippen molar-refractivity contribution >= 4 is 5.78 Å². The van der Waals surface area contributed by atoms with Crippen molar-refractivity contribution in [3.05, 3.63) is 24.8 Å². The van der Waals surface area contributed by atoms with E-state index < -0.39 is 0 Å². The van der Waals surface area contributed by atoms with Gasteiger partial charge < -0.3 is 0 Å². The molecule has 1 nitrogen and oxygen atoms in total. The molecule has 1 aliphatic carbocycles. The van der Waals surface area contributed by atoms with Crippen LogP contribution in [-0.4, -0.2) is 5.78 Å². The Balaban J connectivity index is 3.06. The summed E-state index contributed by atoms with van der Waals surface area (Å²) in [6.07, 6.45) is 3.98. The van der Waals surface area contributed by atoms with E-state index in [1.165, 1.54) is 0 Å². The Morgan fingerprint density at radius 1 is 1.56 bits per heavy atom. The van der Waals surface area contributed by atoms with E-state index >= 15 is 0 Å². The summed E-state index contributed by atoms with van der Waals surface area (Å²) in [5, 5.41) is 0. The molecule has 0 aromatic rings. The lowest BCUT2D eigenvalue weighted by molar-refractivity contribution is -0.133. The second-order valence-corrected chi connectivity index (χ2v) is 5.78. The molecule has 3 atom stereocenters. The van der Waals surface area contributed by atoms with Gasteiger partial charge in [-0.15, -0.1) is 6.58 Å². The third-order valence-electron chi connectivity index (χ3n) is 4.07. The van der Waals surface area contributed by atoms with Crippen LogP contribution >= 0.6 is 0 Å². The van der Waals surface area contributed by atoms with E-state index in [1.54, 1.807) is 0 Å². The maximum absolute atomic E-state index is 12.5. The van der Waals surface area contributed by atoms with E-state index in [-0.39, 0.29) is 17.3 Å². The first-order valence-electron chi connectivity index (χ1n) is 6.16. The number of hydrogen-bond acceptors (Lipinski definition) is 1. The highest BCUT2D eigenvalue weighted by Crippen LogP contribution is 2.46. The molecule has 0 N–H and O–H groups in total. The molecule has 0 unspecified atom stereocenters. The molecule has 0 aliphatic heterocycles. The van der Waals surface area contributed by atoms with Crippen LogP contribution in [0.4, 0.5) is 0 Å². The standard InChI is InChI=1S/C15H24O/c1-7-15(6)9-8-12(10(2)3)14(16)13(15)11(4)5/h7,10,12-13H,1,4,8-9H2,2-3,5-6H3/t12-,13-,15-/m0/s1. The van der Waals surface area contributed by atoms with Crippen molar-refractivity contribution < 1.29 is 4.79 Å². The van der Waals surface area contributed by atoms with Gasteiger partial charge in [-0.05, 0) is 31.1 Å². The highest BCUT2D eigenvalue weighted by molar-refractivity contribution is 5.88. The van der Waals surface area contributed by atoms with Crippen molar-refractivity contribution in [3.63, 3.8) is 0 Å². The van der Waals surface area contributed by atoms with Gasteiger partial charge in [-0.1, -0.05) is 39.0 Å². The van der Waals surface area contributed by atoms with Gasteiger partial charge in [0.25, 0.3) is 0 Å². The van der Waals surface area contributed by atoms with Gasteiger partial charge in [0, 0.05) is 11.8 Å². The van der Waals surface area contributed by atoms with Crippen molar-refractivity contribution in [1.82, 2.24) is 0 Å². The molecule has 1 rings (SSSR count). The SMILES string of the molecule is C=C[C@@]1(C)CC[C@@H](C(C)C)C(=O)[C@@H]1C(=C)C. The van der Waals surface area contributed by atoms with Gasteiger partial charge >= 0.3 is 0 Å². The molecule has 0 bridgehead atoms. The van der Waals surface area contributed by atoms with E-state index in [2.05, 4.69) is 33.9 Å². The molecule has 1 fully saturated rings. The summed E-state index contributed by atoms with van der Waals surface area (Å²) in [5.74, 6) is 0.973. The summed E-state index contributed by atoms with van der Waals surface area (Å²) in [5.41, 5.74) is 0.895. The minimum Gasteiger partial charge on any atom is -0.299 e. The summed E-state index contributed by atoms with van der Waals surface area (Å²) < 4.78 is 0. The average Bonchev–Trinajstić information content (AvgIpc) is 2.16. The van der Waals surface area contributed by atoms with Crippen molar-refractivity contribution in [2.75, 3.05) is 0 Å². The molecule has 0 radical (unpaired) electrons. The van der Waals surface area contributed by atoms with Gasteiger partial charge in [0.1, 0.15) is 5.78 Å². The number of carbonyl (C=O) groups excluding carboxylic acids is 1. The predicted octanol–water partition coefficient (Wildman–Crippen LogP) is 4.01. The number of hydrogen-bond donors (Lipinski definition) is 0. The zero-order valence-electron chi connectivity index (χ0n) is 11.0. The Labute approximate surface area is 99.6 Å². The molecule has 0 aromatic heterocycles. The van der Waals surface area contributed by atoms with Crippen LogP contribution in [-0.2, 0) is 4.79 Å². The molecule has 1 heteroatoms. The van der Waals surface area contributed by atoms with Crippen LogP contribution in [0.3, 0.4) is 0 Å². The Kier molecular flexibility index (Phi) is 3.77. The van der Waals surface area contributed by atoms with E-state index in [0.717, 1.165) is 18.4 Å². The summed E-state index contributed by atoms with van der Waals surface area (Å²) in [7, 11) is 0. The zero-order valence-corrected chi connectivity index (χ0v) is 11.0. The maximum Gasteiger partial charge on any atom is 0.144 e. The number of rotatable bonds is 3. The normalized spacial score (nSPS) is 35.2. The number of ketones is 1. The van der Waals surface area contributed by atoms with Crippen LogP contribution in [0.2, 0.25) is 0 Å². The van der Waals surface area contributed by atoms with Gasteiger partial charge in [-0.2, -0.15) is 0 Å². The first-order chi connectivity index (χ1) is 7.33. The van der Waals surface area contributed by atoms with E-state index in [0.29, 0.717) is 11.7 Å². The Morgan fingerprint density at radius 3 is 2.50 bits per heavy atom. The van der Waals surface area contributed by atoms with Gasteiger partial charge in [0.2, 0.25) is 0 Å². The fourth-order valence-corrected chi connectivity index (χ4v) is 2.98. The molecule has 16 heavy (non-hydrogen) atoms. The topological polar surface area (TPSA) is 17.1 Å². The van der Waals surface area contributed by atoms with Gasteiger partial charge in [0.05, 0.1) is 0 Å². The highest BCUT2D eigenvalue weighted by Gasteiger charge is 2.45. The van der Waals surface area contributed by atoms with Crippen LogP contribution < -0.4 is 0 Å². The van der Waals surface area contributed by atoms with Gasteiger partial charge in [-0.25, -0.2) is 0 Å². The summed E-state index contributed by atoms with van der Waals surface area (Å²) in [4.78, 5) is 12.5. The molecule has 90 valence electrons. The monoisotopic (exact) mass is 220 g/mol. The predicted molar refractivity (Wildman–Crippen MR) is 69.2 cm³/mol. The second-order valence-electron chi connectivity index (χ2n) is 5.78. The van der Waals surface area contributed by atoms with Crippen LogP contribution in [0.5, 0.6) is 0 Å². The number of Topliss-reactive ketones (excluding diaryl/α,β-unsaturated/α-hetero) is 1. The van der Waals surface area contributed by atoms with Crippen molar-refractivity contribution in [2.24, 2.45) is 23.2 Å². The molecule has 0 aromatic carbocycles. The van der Waals surface area contributed by atoms with Gasteiger partial charge in [0.15, 0.2) is 0 Å². The van der Waals surface area contributed by atoms with E-state index in [1.807, 2.05) is 13.0 Å². The minimum absolute atomic E-state index is 0.0360. The fraction of sp³-hybridized carbons (Fsp3) is 0.667. The average molecular weight is 220 g/mol. The zero-order chi connectivity index (χ0) is 12.5. The lowest BCUT2D eigenvalue weighted by Crippen LogP contribution is -2.43. The molecule has 0 spiro atoms. The van der Waals surface area contributed by atoms with Crippen LogP contribution in [0.25, 0.3) is 0 Å². The smallest absolute Gasteiger partial charge is 0.144 e. The Bertz CT molecular complexity index is 313. The Morgan fingerprint density at radius 2 is 2.12 bits per heavy atom. The van der Waals surface area contributed by atoms with Crippen molar-refractivity contribution in [3.8, 4) is 0 Å². The molecule has 0 saturated heterocycles. The molecule has 0 heterocycles. The summed E-state index contributed by atoms with van der Waals surface area (Å²) in [6, 6.07) is 0. The molecule has 1 saturated carbocycles.